The molecule has 1 amide bonds. The molecule has 1 aliphatic rings. The van der Waals surface area contributed by atoms with Gasteiger partial charge in [-0.1, -0.05) is 0 Å². The van der Waals surface area contributed by atoms with E-state index in [0.717, 1.165) is 0 Å². The molecule has 27 heavy (non-hydrogen) atoms. The Labute approximate surface area is 155 Å². The molecule has 0 saturated carbocycles. The summed E-state index contributed by atoms with van der Waals surface area (Å²) in [5.74, 6) is 0.00622. The van der Waals surface area contributed by atoms with Crippen LogP contribution in [0.15, 0.2) is 40.1 Å². The first-order valence-electron chi connectivity index (χ1n) is 7.46. The number of anilines is 2. The molecule has 0 spiro atoms. The molecule has 1 aliphatic heterocycles. The molecule has 0 bridgehead atoms. The monoisotopic (exact) mass is 440 g/mol. The van der Waals surface area contributed by atoms with E-state index >= 15 is 0 Å². The van der Waals surface area contributed by atoms with E-state index in [0.29, 0.717) is 12.4 Å². The van der Waals surface area contributed by atoms with Crippen molar-refractivity contribution in [1.29, 1.82) is 0 Å². The standard InChI is InChI=1S/C8H10AsNO5.C6H7N5O/c1-7(11)10-14-9(12,15-13)8-5-3-2-4-6-8;7-6-10-4-3(5(12)11-6)8-1-2-9-4/h2-6,13H,1H3,(H,10,11);1H,2H2,(H4,7,9,10,11,12). The number of hydrogen-bond donors (Lipinski definition) is 5. The maximum absolute atomic E-state index is 11.8. The zero-order chi connectivity index (χ0) is 19.9. The first-order chi connectivity index (χ1) is 12.9. The largest absolute Gasteiger partial charge is 0.369 e. The molecule has 144 valence electrons. The molecule has 0 radical (unpaired) electrons. The van der Waals surface area contributed by atoms with E-state index in [1.807, 2.05) is 5.48 Å². The zero-order valence-electron chi connectivity index (χ0n) is 14.1. The molecule has 2 heterocycles. The average molecular weight is 440 g/mol. The number of carbonyl (C=O) groups excluding carboxylic acids is 1. The summed E-state index contributed by atoms with van der Waals surface area (Å²) in [5.41, 5.74) is 7.17. The van der Waals surface area contributed by atoms with Gasteiger partial charge in [-0.2, -0.15) is 4.98 Å². The van der Waals surface area contributed by atoms with Crippen LogP contribution in [-0.4, -0.2) is 48.1 Å². The summed E-state index contributed by atoms with van der Waals surface area (Å²) in [4.78, 5) is 31.8. The Hall–Kier alpha value is -2.92. The summed E-state index contributed by atoms with van der Waals surface area (Å²) in [6, 6.07) is 7.87. The third kappa shape index (κ3) is 5.53. The van der Waals surface area contributed by atoms with Crippen LogP contribution in [0, 0.1) is 0 Å². The first kappa shape index (κ1) is 20.4. The van der Waals surface area contributed by atoms with Crippen molar-refractivity contribution in [3.63, 3.8) is 0 Å². The number of carbonyl (C=O) groups is 1. The summed E-state index contributed by atoms with van der Waals surface area (Å²) in [6.45, 7) is 1.76. The van der Waals surface area contributed by atoms with Gasteiger partial charge in [0.15, 0.2) is 11.5 Å². The smallest absolute Gasteiger partial charge is 0.280 e. The molecule has 1 unspecified atom stereocenters. The number of nitrogen functional groups attached to an aromatic ring is 1. The number of rotatable bonds is 4. The van der Waals surface area contributed by atoms with Gasteiger partial charge < -0.3 is 11.1 Å². The fourth-order valence-corrected chi connectivity index (χ4v) is 4.00. The second kappa shape index (κ2) is 9.14. The SMILES string of the molecule is CC(=O)NO[As](=O)(OO)c1ccccc1.Nc1nc2c(c(=O)[nH]1)N=CCN2. The third-order valence-corrected chi connectivity index (χ3v) is 6.08. The number of aromatic nitrogens is 2. The van der Waals surface area contributed by atoms with Crippen molar-refractivity contribution in [3.8, 4) is 0 Å². The first-order valence-corrected chi connectivity index (χ1v) is 10.7. The predicted octanol–water partition coefficient (Wildman–Crippen LogP) is -0.700. The fraction of sp³-hybridized carbons (Fsp3) is 0.143. The van der Waals surface area contributed by atoms with Crippen molar-refractivity contribution in [2.24, 2.45) is 4.99 Å². The third-order valence-electron chi connectivity index (χ3n) is 2.98. The number of benzene rings is 1. The van der Waals surface area contributed by atoms with Gasteiger partial charge in [-0.25, -0.2) is 4.99 Å². The van der Waals surface area contributed by atoms with Crippen molar-refractivity contribution in [2.45, 2.75) is 6.92 Å². The summed E-state index contributed by atoms with van der Waals surface area (Å²) < 4.78 is 20.5. The molecule has 0 fully saturated rings. The number of hydrogen-bond acceptors (Lipinski definition) is 10. The van der Waals surface area contributed by atoms with Gasteiger partial charge in [-0.15, -0.1) is 0 Å². The number of fused-ring (bicyclic) bond motifs is 1. The molecule has 13 heteroatoms. The average Bonchev–Trinajstić information content (AvgIpc) is 2.67. The summed E-state index contributed by atoms with van der Waals surface area (Å²) >= 11 is -4.55. The van der Waals surface area contributed by atoms with E-state index in [-0.39, 0.29) is 21.5 Å². The maximum Gasteiger partial charge on any atom is 0.280 e. The van der Waals surface area contributed by atoms with Gasteiger partial charge in [0.2, 0.25) is 5.95 Å². The minimum Gasteiger partial charge on any atom is -0.369 e. The van der Waals surface area contributed by atoms with Gasteiger partial charge in [0.25, 0.3) is 5.56 Å². The van der Waals surface area contributed by atoms with E-state index in [2.05, 4.69) is 28.0 Å². The van der Waals surface area contributed by atoms with Crippen molar-refractivity contribution in [2.75, 3.05) is 17.6 Å². The van der Waals surface area contributed by atoms with Crippen LogP contribution in [0.2, 0.25) is 0 Å². The number of H-pyrrole nitrogens is 1. The van der Waals surface area contributed by atoms with E-state index < -0.39 is 20.1 Å². The molecule has 1 aromatic heterocycles. The molecule has 1 atom stereocenters. The van der Waals surface area contributed by atoms with E-state index in [1.165, 1.54) is 19.1 Å². The van der Waals surface area contributed by atoms with Gasteiger partial charge in [0.1, 0.15) is 0 Å². The summed E-state index contributed by atoms with van der Waals surface area (Å²) in [6.07, 6.45) is 1.61. The van der Waals surface area contributed by atoms with Crippen LogP contribution in [0.3, 0.4) is 0 Å². The number of nitrogens with zero attached hydrogens (tertiary/aromatic N) is 2. The van der Waals surface area contributed by atoms with Gasteiger partial charge in [-0.3, -0.25) is 9.78 Å². The van der Waals surface area contributed by atoms with Gasteiger partial charge in [-0.05, 0) is 0 Å². The molecule has 3 rings (SSSR count). The fourth-order valence-electron chi connectivity index (χ4n) is 1.86. The molecule has 2 aromatic rings. The molecule has 6 N–H and O–H groups in total. The van der Waals surface area contributed by atoms with Crippen LogP contribution in [0.4, 0.5) is 17.5 Å². The Morgan fingerprint density at radius 1 is 1.37 bits per heavy atom. The molecular formula is C14H17AsN6O6. The van der Waals surface area contributed by atoms with Crippen molar-refractivity contribution in [3.05, 3.63) is 40.7 Å². The van der Waals surface area contributed by atoms with Crippen molar-refractivity contribution in [1.82, 2.24) is 15.4 Å². The molecule has 0 saturated heterocycles. The maximum atomic E-state index is 11.8. The summed E-state index contributed by atoms with van der Waals surface area (Å²) in [7, 11) is 0. The van der Waals surface area contributed by atoms with Crippen LogP contribution >= 0.6 is 0 Å². The second-order valence-corrected chi connectivity index (χ2v) is 8.90. The Morgan fingerprint density at radius 2 is 2.07 bits per heavy atom. The minimum absolute atomic E-state index is 0.100. The number of aliphatic imine (C=N–C) groups is 1. The molecular weight excluding hydrogens is 423 g/mol. The Morgan fingerprint density at radius 3 is 2.70 bits per heavy atom. The molecule has 1 aromatic carbocycles. The number of nitrogens with one attached hydrogen (secondary N) is 3. The molecule has 0 aliphatic carbocycles. The Bertz CT molecular complexity index is 931. The normalized spacial score (nSPS) is 14.0. The van der Waals surface area contributed by atoms with Crippen LogP contribution in [-0.2, 0) is 16.2 Å². The number of hydroxylamine groups is 1. The quantitative estimate of drug-likeness (QED) is 0.233. The van der Waals surface area contributed by atoms with Crippen molar-refractivity contribution >= 4 is 48.1 Å². The molecule has 12 nitrogen and oxygen atoms in total. The Kier molecular flexibility index (Phi) is 6.90. The van der Waals surface area contributed by atoms with Crippen LogP contribution in [0.25, 0.3) is 0 Å². The Balaban J connectivity index is 0.000000198. The number of aromatic amines is 1. The number of amides is 1. The van der Waals surface area contributed by atoms with E-state index in [9.17, 15) is 13.3 Å². The van der Waals surface area contributed by atoms with Crippen molar-refractivity contribution < 1.29 is 21.5 Å². The van der Waals surface area contributed by atoms with Crippen LogP contribution in [0.1, 0.15) is 6.92 Å². The minimum atomic E-state index is -4.55. The number of nitrogens with two attached hydrogens (primary N) is 1. The zero-order valence-corrected chi connectivity index (χ0v) is 16.0. The van der Waals surface area contributed by atoms with Gasteiger partial charge in [0, 0.05) is 6.21 Å². The summed E-state index contributed by atoms with van der Waals surface area (Å²) in [5, 5.41) is 11.4. The predicted molar refractivity (Wildman–Crippen MR) is 97.0 cm³/mol. The van der Waals surface area contributed by atoms with Gasteiger partial charge in [0.05, 0.1) is 6.54 Å². The topological polar surface area (TPSA) is 181 Å². The second-order valence-electron chi connectivity index (χ2n) is 5.01. The van der Waals surface area contributed by atoms with Crippen LogP contribution < -0.4 is 26.4 Å². The van der Waals surface area contributed by atoms with E-state index in [1.54, 1.807) is 24.4 Å². The van der Waals surface area contributed by atoms with Gasteiger partial charge >= 0.3 is 88.7 Å². The van der Waals surface area contributed by atoms with Crippen LogP contribution in [0.5, 0.6) is 0 Å². The van der Waals surface area contributed by atoms with E-state index in [4.69, 9.17) is 11.0 Å².